The molecule has 0 bridgehead atoms. The van der Waals surface area contributed by atoms with Gasteiger partial charge in [0.15, 0.2) is 17.2 Å². The molecule has 4 aromatic rings. The average Bonchev–Trinajstić information content (AvgIpc) is 3.32. The van der Waals surface area contributed by atoms with E-state index in [2.05, 4.69) is 25.1 Å². The van der Waals surface area contributed by atoms with Crippen molar-refractivity contribution in [3.63, 3.8) is 0 Å². The number of aromatic amines is 1. The van der Waals surface area contributed by atoms with Crippen LogP contribution in [0.15, 0.2) is 37.2 Å². The van der Waals surface area contributed by atoms with E-state index in [1.54, 1.807) is 35.5 Å². The van der Waals surface area contributed by atoms with Gasteiger partial charge in [-0.25, -0.2) is 23.9 Å². The van der Waals surface area contributed by atoms with Gasteiger partial charge in [-0.1, -0.05) is 0 Å². The van der Waals surface area contributed by atoms with E-state index < -0.39 is 12.5 Å². The van der Waals surface area contributed by atoms with Crippen LogP contribution in [0.4, 0.5) is 8.78 Å². The first-order valence-electron chi connectivity index (χ1n) is 8.59. The van der Waals surface area contributed by atoms with Gasteiger partial charge in [0.05, 0.1) is 12.4 Å². The van der Waals surface area contributed by atoms with Crippen LogP contribution in [0, 0.1) is 12.7 Å². The summed E-state index contributed by atoms with van der Waals surface area (Å²) in [6.45, 7) is 1.76. The normalized spacial score (nSPS) is 11.4. The minimum Gasteiger partial charge on any atom is -0.272 e. The highest BCUT2D eigenvalue weighted by atomic mass is 19.1. The smallest absolute Gasteiger partial charge is 0.272 e. The quantitative estimate of drug-likeness (QED) is 0.528. The maximum Gasteiger partial charge on any atom is 0.308 e. The van der Waals surface area contributed by atoms with Crippen molar-refractivity contribution in [3.05, 3.63) is 59.9 Å². The van der Waals surface area contributed by atoms with E-state index in [0.717, 1.165) is 17.0 Å². The first kappa shape index (κ1) is 17.2. The molecule has 0 aromatic carbocycles. The molecule has 0 saturated heterocycles. The van der Waals surface area contributed by atoms with Gasteiger partial charge < -0.3 is 0 Å². The number of pyridine rings is 1. The monoisotopic (exact) mass is 370 g/mol. The van der Waals surface area contributed by atoms with Gasteiger partial charge in [0.1, 0.15) is 31.6 Å². The molecule has 0 atom stereocenters. The Morgan fingerprint density at radius 1 is 1.26 bits per heavy atom. The number of alkyl halides is 1. The molecule has 0 amide bonds. The molecule has 4 aromatic heterocycles. The van der Waals surface area contributed by atoms with Crippen LogP contribution in [0.2, 0.25) is 0 Å². The highest BCUT2D eigenvalue weighted by Gasteiger charge is 2.22. The van der Waals surface area contributed by atoms with Gasteiger partial charge in [-0.3, -0.25) is 8.79 Å². The number of H-pyrrole nitrogens is 1. The minimum absolute atomic E-state index is 0.244. The number of nitrogens with zero attached hydrogens (tertiary/aromatic N) is 6. The van der Waals surface area contributed by atoms with Crippen molar-refractivity contribution in [1.29, 1.82) is 0 Å². The summed E-state index contributed by atoms with van der Waals surface area (Å²) in [5.41, 5.74) is 3.20. The molecule has 0 radical (unpaired) electrons. The van der Waals surface area contributed by atoms with Crippen molar-refractivity contribution in [2.45, 2.75) is 26.3 Å². The maximum absolute atomic E-state index is 14.3. The Morgan fingerprint density at radius 2 is 2.15 bits per heavy atom. The van der Waals surface area contributed by atoms with Crippen molar-refractivity contribution in [3.8, 4) is 11.5 Å². The maximum atomic E-state index is 14.3. The summed E-state index contributed by atoms with van der Waals surface area (Å²) in [6.07, 6.45) is 7.58. The zero-order chi connectivity index (χ0) is 18.8. The first-order chi connectivity index (χ1) is 13.2. The lowest BCUT2D eigenvalue weighted by molar-refractivity contribution is -0.676. The van der Waals surface area contributed by atoms with Gasteiger partial charge in [0.2, 0.25) is 0 Å². The Balaban J connectivity index is 1.75. The molecular formula is C18H18F2N7+. The molecule has 0 saturated carbocycles. The molecule has 7 nitrogen and oxygen atoms in total. The predicted molar refractivity (Wildman–Crippen MR) is 93.1 cm³/mol. The summed E-state index contributed by atoms with van der Waals surface area (Å²) in [7, 11) is 0. The molecule has 0 aliphatic rings. The third kappa shape index (κ3) is 3.27. The van der Waals surface area contributed by atoms with E-state index in [0.29, 0.717) is 30.9 Å². The Hall–Kier alpha value is -3.23. The molecule has 27 heavy (non-hydrogen) atoms. The van der Waals surface area contributed by atoms with E-state index in [-0.39, 0.29) is 5.69 Å². The number of aryl methyl sites for hydroxylation is 2. The van der Waals surface area contributed by atoms with Gasteiger partial charge in [-0.05, 0) is 31.9 Å². The molecule has 9 heteroatoms. The second-order valence-corrected chi connectivity index (χ2v) is 6.24. The van der Waals surface area contributed by atoms with Gasteiger partial charge in [0, 0.05) is 11.3 Å². The lowest BCUT2D eigenvalue weighted by atomic mass is 10.1. The SMILES string of the molecule is Cc1ccc(F)c(-c2[nH]cc[n+]2Cc2ncn3cnnc3c2CCCF)n1. The second kappa shape index (κ2) is 7.18. The summed E-state index contributed by atoms with van der Waals surface area (Å²) in [6, 6.07) is 3.03. The number of hydrogen-bond donors (Lipinski definition) is 1. The lowest BCUT2D eigenvalue weighted by Crippen LogP contribution is -2.36. The number of halogens is 2. The number of rotatable bonds is 6. The minimum atomic E-state index is -0.421. The van der Waals surface area contributed by atoms with Crippen LogP contribution >= 0.6 is 0 Å². The fourth-order valence-electron chi connectivity index (χ4n) is 3.08. The van der Waals surface area contributed by atoms with E-state index in [1.807, 2.05) is 11.5 Å². The van der Waals surface area contributed by atoms with Crippen molar-refractivity contribution in [2.24, 2.45) is 0 Å². The summed E-state index contributed by atoms with van der Waals surface area (Å²) in [5.74, 6) is 0.131. The third-order valence-electron chi connectivity index (χ3n) is 4.38. The van der Waals surface area contributed by atoms with Crippen LogP contribution in [-0.4, -0.2) is 36.2 Å². The molecule has 0 fully saturated rings. The van der Waals surface area contributed by atoms with Crippen LogP contribution < -0.4 is 4.57 Å². The van der Waals surface area contributed by atoms with Crippen LogP contribution in [0.3, 0.4) is 0 Å². The number of nitrogens with one attached hydrogen (secondary N) is 1. The van der Waals surface area contributed by atoms with E-state index in [4.69, 9.17) is 0 Å². The fraction of sp³-hybridized carbons (Fsp3) is 0.278. The van der Waals surface area contributed by atoms with Crippen molar-refractivity contribution < 1.29 is 13.3 Å². The van der Waals surface area contributed by atoms with Gasteiger partial charge in [0.25, 0.3) is 0 Å². The van der Waals surface area contributed by atoms with Gasteiger partial charge in [-0.15, -0.1) is 10.2 Å². The number of aromatic nitrogens is 7. The molecule has 0 aliphatic heterocycles. The standard InChI is InChI=1S/C18H17F2N7/c1-12-4-5-14(20)16(24-12)18-21-7-8-26(18)9-15-13(3-2-6-19)17-25-23-11-27(17)10-22-15/h4-5,7-8,10-11H,2-3,6,9H2,1H3/p+1. The largest absolute Gasteiger partial charge is 0.308 e. The number of imidazole rings is 1. The zero-order valence-electron chi connectivity index (χ0n) is 14.7. The highest BCUT2D eigenvalue weighted by Crippen LogP contribution is 2.18. The molecule has 0 aliphatic carbocycles. The predicted octanol–water partition coefficient (Wildman–Crippen LogP) is 2.20. The molecule has 0 spiro atoms. The molecule has 138 valence electrons. The summed E-state index contributed by atoms with van der Waals surface area (Å²) in [4.78, 5) is 11.8. The van der Waals surface area contributed by atoms with Crippen LogP contribution in [0.25, 0.3) is 17.2 Å². The summed E-state index contributed by atoms with van der Waals surface area (Å²) in [5, 5.41) is 8.03. The molecule has 4 rings (SSSR count). The molecule has 0 unspecified atom stereocenters. The van der Waals surface area contributed by atoms with Gasteiger partial charge in [-0.2, -0.15) is 0 Å². The lowest BCUT2D eigenvalue weighted by Gasteiger charge is -2.09. The Kier molecular flexibility index (Phi) is 4.57. The topological polar surface area (TPSA) is 75.6 Å². The fourth-order valence-corrected chi connectivity index (χ4v) is 3.08. The molecular weight excluding hydrogens is 352 g/mol. The Labute approximate surface area is 153 Å². The highest BCUT2D eigenvalue weighted by molar-refractivity contribution is 5.49. The van der Waals surface area contributed by atoms with E-state index in [9.17, 15) is 8.78 Å². The van der Waals surface area contributed by atoms with E-state index in [1.165, 1.54) is 6.07 Å². The third-order valence-corrected chi connectivity index (χ3v) is 4.38. The Morgan fingerprint density at radius 3 is 3.00 bits per heavy atom. The molecule has 4 heterocycles. The summed E-state index contributed by atoms with van der Waals surface area (Å²) < 4.78 is 30.6. The second-order valence-electron chi connectivity index (χ2n) is 6.24. The van der Waals surface area contributed by atoms with Crippen LogP contribution in [0.5, 0.6) is 0 Å². The zero-order valence-corrected chi connectivity index (χ0v) is 14.7. The number of hydrogen-bond acceptors (Lipinski definition) is 4. The van der Waals surface area contributed by atoms with Crippen LogP contribution in [0.1, 0.15) is 23.4 Å². The van der Waals surface area contributed by atoms with Crippen molar-refractivity contribution in [2.75, 3.05) is 6.67 Å². The Bertz CT molecular complexity index is 1090. The average molecular weight is 370 g/mol. The van der Waals surface area contributed by atoms with Crippen molar-refractivity contribution in [1.82, 2.24) is 29.5 Å². The van der Waals surface area contributed by atoms with E-state index >= 15 is 0 Å². The molecule has 1 N–H and O–H groups in total. The first-order valence-corrected chi connectivity index (χ1v) is 8.59. The van der Waals surface area contributed by atoms with Crippen molar-refractivity contribution >= 4 is 5.65 Å². The van der Waals surface area contributed by atoms with Crippen LogP contribution in [-0.2, 0) is 13.0 Å². The number of fused-ring (bicyclic) bond motifs is 1. The van der Waals surface area contributed by atoms with Gasteiger partial charge >= 0.3 is 5.82 Å². The summed E-state index contributed by atoms with van der Waals surface area (Å²) >= 11 is 0.